The summed E-state index contributed by atoms with van der Waals surface area (Å²) < 4.78 is 30.3. The number of Topliss-reactive ketones (excluding diaryl/α,β-unsaturated/α-hetero) is 1. The second kappa shape index (κ2) is 4.87. The minimum absolute atomic E-state index is 0.0108. The first kappa shape index (κ1) is 11.6. The Bertz CT molecular complexity index is 362. The van der Waals surface area contributed by atoms with Crippen LogP contribution in [-0.2, 0) is 11.2 Å². The van der Waals surface area contributed by atoms with Crippen LogP contribution in [0.3, 0.4) is 0 Å². The lowest BCUT2D eigenvalue weighted by Crippen LogP contribution is -2.03. The molecule has 0 N–H and O–H groups in total. The summed E-state index contributed by atoms with van der Waals surface area (Å²) in [7, 11) is 1.33. The second-order valence-electron chi connectivity index (χ2n) is 3.21. The van der Waals surface area contributed by atoms with E-state index in [1.165, 1.54) is 26.2 Å². The zero-order valence-electron chi connectivity index (χ0n) is 8.59. The molecular weight excluding hydrogens is 202 g/mol. The number of carbonyl (C=O) groups is 1. The molecule has 0 aliphatic heterocycles. The van der Waals surface area contributed by atoms with Gasteiger partial charge in [-0.15, -0.1) is 0 Å². The van der Waals surface area contributed by atoms with E-state index in [4.69, 9.17) is 4.74 Å². The fourth-order valence-electron chi connectivity index (χ4n) is 1.44. The van der Waals surface area contributed by atoms with E-state index >= 15 is 0 Å². The molecule has 0 radical (unpaired) electrons. The van der Waals surface area contributed by atoms with Gasteiger partial charge in [-0.1, -0.05) is 12.1 Å². The molecule has 2 nitrogen and oxygen atoms in total. The van der Waals surface area contributed by atoms with Gasteiger partial charge in [0.05, 0.1) is 12.7 Å². The Morgan fingerprint density at radius 1 is 1.47 bits per heavy atom. The van der Waals surface area contributed by atoms with E-state index in [-0.39, 0.29) is 23.5 Å². The largest absolute Gasteiger partial charge is 0.496 e. The molecule has 82 valence electrons. The van der Waals surface area contributed by atoms with E-state index in [2.05, 4.69) is 0 Å². The molecule has 0 fully saturated rings. The number of halogens is 2. The van der Waals surface area contributed by atoms with Gasteiger partial charge in [-0.3, -0.25) is 4.79 Å². The first-order chi connectivity index (χ1) is 7.06. The summed E-state index contributed by atoms with van der Waals surface area (Å²) in [6, 6.07) is 4.58. The monoisotopic (exact) mass is 214 g/mol. The number of benzene rings is 1. The van der Waals surface area contributed by atoms with Crippen molar-refractivity contribution in [3.8, 4) is 5.75 Å². The number of carbonyl (C=O) groups excluding carboxylic acids is 1. The summed E-state index contributed by atoms with van der Waals surface area (Å²) in [5.41, 5.74) is 0.145. The Morgan fingerprint density at radius 2 is 2.13 bits per heavy atom. The number of rotatable bonds is 4. The number of ketones is 1. The molecule has 15 heavy (non-hydrogen) atoms. The third-order valence-corrected chi connectivity index (χ3v) is 2.03. The SMILES string of the molecule is COc1cccc(CC(C)=O)c1C(F)F. The van der Waals surface area contributed by atoms with Gasteiger partial charge in [0.1, 0.15) is 11.5 Å². The maximum atomic E-state index is 12.7. The van der Waals surface area contributed by atoms with Crippen molar-refractivity contribution in [1.82, 2.24) is 0 Å². The van der Waals surface area contributed by atoms with Crippen molar-refractivity contribution in [3.63, 3.8) is 0 Å². The highest BCUT2D eigenvalue weighted by atomic mass is 19.3. The zero-order chi connectivity index (χ0) is 11.4. The number of hydrogen-bond acceptors (Lipinski definition) is 2. The number of methoxy groups -OCH3 is 1. The summed E-state index contributed by atoms with van der Waals surface area (Å²) in [6.45, 7) is 1.37. The summed E-state index contributed by atoms with van der Waals surface area (Å²) in [4.78, 5) is 10.9. The Hall–Kier alpha value is -1.45. The van der Waals surface area contributed by atoms with Crippen LogP contribution >= 0.6 is 0 Å². The van der Waals surface area contributed by atoms with E-state index in [9.17, 15) is 13.6 Å². The normalized spacial score (nSPS) is 10.5. The molecule has 0 atom stereocenters. The van der Waals surface area contributed by atoms with Crippen molar-refractivity contribution in [1.29, 1.82) is 0 Å². The van der Waals surface area contributed by atoms with Gasteiger partial charge in [-0.2, -0.15) is 0 Å². The van der Waals surface area contributed by atoms with Gasteiger partial charge in [0.15, 0.2) is 0 Å². The molecule has 0 bridgehead atoms. The molecule has 0 spiro atoms. The van der Waals surface area contributed by atoms with Gasteiger partial charge in [0.25, 0.3) is 6.43 Å². The molecule has 0 amide bonds. The van der Waals surface area contributed by atoms with Crippen molar-refractivity contribution in [2.75, 3.05) is 7.11 Å². The van der Waals surface area contributed by atoms with Crippen LogP contribution in [0.4, 0.5) is 8.78 Å². The third kappa shape index (κ3) is 2.75. The Kier molecular flexibility index (Phi) is 3.77. The van der Waals surface area contributed by atoms with E-state index in [0.29, 0.717) is 5.56 Å². The quantitative estimate of drug-likeness (QED) is 0.770. The molecule has 4 heteroatoms. The highest BCUT2D eigenvalue weighted by Gasteiger charge is 2.18. The van der Waals surface area contributed by atoms with Crippen molar-refractivity contribution >= 4 is 5.78 Å². The molecule has 0 unspecified atom stereocenters. The van der Waals surface area contributed by atoms with Crippen molar-refractivity contribution < 1.29 is 18.3 Å². The number of ether oxygens (including phenoxy) is 1. The van der Waals surface area contributed by atoms with Gasteiger partial charge < -0.3 is 4.74 Å². The number of hydrogen-bond donors (Lipinski definition) is 0. The lowest BCUT2D eigenvalue weighted by atomic mass is 10.0. The Balaban J connectivity index is 3.19. The Labute approximate surface area is 86.9 Å². The summed E-state index contributed by atoms with van der Waals surface area (Å²) >= 11 is 0. The fourth-order valence-corrected chi connectivity index (χ4v) is 1.44. The van der Waals surface area contributed by atoms with Crippen LogP contribution in [0.5, 0.6) is 5.75 Å². The highest BCUT2D eigenvalue weighted by molar-refractivity contribution is 5.78. The molecule has 0 heterocycles. The summed E-state index contributed by atoms with van der Waals surface area (Å²) in [5, 5.41) is 0. The molecule has 0 saturated heterocycles. The van der Waals surface area contributed by atoms with Gasteiger partial charge >= 0.3 is 0 Å². The van der Waals surface area contributed by atoms with E-state index in [0.717, 1.165) is 0 Å². The van der Waals surface area contributed by atoms with Gasteiger partial charge in [-0.05, 0) is 18.6 Å². The Morgan fingerprint density at radius 3 is 2.60 bits per heavy atom. The van der Waals surface area contributed by atoms with Crippen LogP contribution in [0.1, 0.15) is 24.5 Å². The molecule has 1 aromatic rings. The van der Waals surface area contributed by atoms with Crippen LogP contribution in [0.2, 0.25) is 0 Å². The predicted molar refractivity (Wildman–Crippen MR) is 52.3 cm³/mol. The molecule has 0 aliphatic rings. The van der Waals surface area contributed by atoms with Crippen LogP contribution < -0.4 is 4.74 Å². The van der Waals surface area contributed by atoms with Gasteiger partial charge in [0, 0.05) is 6.42 Å². The van der Waals surface area contributed by atoms with E-state index < -0.39 is 6.43 Å². The highest BCUT2D eigenvalue weighted by Crippen LogP contribution is 2.32. The fraction of sp³-hybridized carbons (Fsp3) is 0.364. The van der Waals surface area contributed by atoms with Crippen molar-refractivity contribution in [2.24, 2.45) is 0 Å². The number of alkyl halides is 2. The zero-order valence-corrected chi connectivity index (χ0v) is 8.59. The van der Waals surface area contributed by atoms with Crippen LogP contribution in [0.15, 0.2) is 18.2 Å². The average Bonchev–Trinajstić information content (AvgIpc) is 2.15. The van der Waals surface area contributed by atoms with Gasteiger partial charge in [-0.25, -0.2) is 8.78 Å². The first-order valence-corrected chi connectivity index (χ1v) is 4.49. The van der Waals surface area contributed by atoms with Gasteiger partial charge in [0.2, 0.25) is 0 Å². The molecule has 0 saturated carbocycles. The standard InChI is InChI=1S/C11H12F2O2/c1-7(14)6-8-4-3-5-9(15-2)10(8)11(12)13/h3-5,11H,6H2,1-2H3. The molecule has 1 rings (SSSR count). The first-order valence-electron chi connectivity index (χ1n) is 4.49. The summed E-state index contributed by atoms with van der Waals surface area (Å²) in [6.07, 6.45) is -2.62. The average molecular weight is 214 g/mol. The lowest BCUT2D eigenvalue weighted by Gasteiger charge is -2.11. The third-order valence-electron chi connectivity index (χ3n) is 2.03. The minimum Gasteiger partial charge on any atom is -0.496 e. The molecular formula is C11H12F2O2. The van der Waals surface area contributed by atoms with E-state index in [1.54, 1.807) is 6.07 Å². The van der Waals surface area contributed by atoms with Crippen molar-refractivity contribution in [2.45, 2.75) is 19.8 Å². The lowest BCUT2D eigenvalue weighted by molar-refractivity contribution is -0.116. The minimum atomic E-state index is -2.63. The van der Waals surface area contributed by atoms with Crippen LogP contribution in [-0.4, -0.2) is 12.9 Å². The topological polar surface area (TPSA) is 26.3 Å². The maximum absolute atomic E-state index is 12.7. The molecule has 0 aliphatic carbocycles. The second-order valence-corrected chi connectivity index (χ2v) is 3.21. The van der Waals surface area contributed by atoms with Crippen molar-refractivity contribution in [3.05, 3.63) is 29.3 Å². The molecule has 1 aromatic carbocycles. The van der Waals surface area contributed by atoms with Crippen LogP contribution in [0, 0.1) is 0 Å². The smallest absolute Gasteiger partial charge is 0.267 e. The summed E-state index contributed by atoms with van der Waals surface area (Å²) in [5.74, 6) is -0.0195. The molecule has 0 aromatic heterocycles. The van der Waals surface area contributed by atoms with E-state index in [1.807, 2.05) is 0 Å². The predicted octanol–water partition coefficient (Wildman–Crippen LogP) is 2.76. The maximum Gasteiger partial charge on any atom is 0.267 e. The van der Waals surface area contributed by atoms with Crippen LogP contribution in [0.25, 0.3) is 0 Å².